The Labute approximate surface area is 99.4 Å². The predicted octanol–water partition coefficient (Wildman–Crippen LogP) is 0.415. The molecule has 1 fully saturated rings. The Balaban J connectivity index is 2.32. The van der Waals surface area contributed by atoms with Crippen molar-refractivity contribution in [1.82, 2.24) is 0 Å². The molecule has 1 atom stereocenters. The largest absolute Gasteiger partial charge is 0.397 e. The molecule has 90 valence electrons. The molecule has 0 spiro atoms. The lowest BCUT2D eigenvalue weighted by Crippen LogP contribution is -2.29. The van der Waals surface area contributed by atoms with Gasteiger partial charge in [0.1, 0.15) is 0 Å². The van der Waals surface area contributed by atoms with Gasteiger partial charge in [-0.3, -0.25) is 9.59 Å². The van der Waals surface area contributed by atoms with E-state index in [2.05, 4.69) is 0 Å². The maximum Gasteiger partial charge on any atom is 0.227 e. The van der Waals surface area contributed by atoms with Crippen LogP contribution >= 0.6 is 0 Å². The number of rotatable bonds is 2. The maximum absolute atomic E-state index is 11.8. The average molecular weight is 233 g/mol. The summed E-state index contributed by atoms with van der Waals surface area (Å²) >= 11 is 0. The first-order valence-electron chi connectivity index (χ1n) is 5.45. The van der Waals surface area contributed by atoms with Crippen molar-refractivity contribution in [3.05, 3.63) is 23.8 Å². The molecule has 1 aliphatic heterocycles. The van der Waals surface area contributed by atoms with Gasteiger partial charge < -0.3 is 16.4 Å². The van der Waals surface area contributed by atoms with Crippen LogP contribution in [0.2, 0.25) is 0 Å². The van der Waals surface area contributed by atoms with Crippen molar-refractivity contribution >= 4 is 23.2 Å². The van der Waals surface area contributed by atoms with Gasteiger partial charge in [-0.1, -0.05) is 12.1 Å². The van der Waals surface area contributed by atoms with Crippen LogP contribution in [0.3, 0.4) is 0 Å². The van der Waals surface area contributed by atoms with Crippen molar-refractivity contribution in [2.45, 2.75) is 13.3 Å². The number of nitrogens with two attached hydrogens (primary N) is 2. The van der Waals surface area contributed by atoms with Gasteiger partial charge in [0, 0.05) is 13.0 Å². The third-order valence-corrected chi connectivity index (χ3v) is 3.12. The van der Waals surface area contributed by atoms with Gasteiger partial charge in [-0.15, -0.1) is 0 Å². The lowest BCUT2D eigenvalue weighted by molar-refractivity contribution is -0.123. The van der Waals surface area contributed by atoms with Gasteiger partial charge in [-0.2, -0.15) is 0 Å². The van der Waals surface area contributed by atoms with Gasteiger partial charge in [0.25, 0.3) is 0 Å². The van der Waals surface area contributed by atoms with Crippen LogP contribution in [0.5, 0.6) is 0 Å². The molecule has 0 radical (unpaired) electrons. The number of nitrogen functional groups attached to an aromatic ring is 1. The van der Waals surface area contributed by atoms with Crippen LogP contribution in [0.15, 0.2) is 18.2 Å². The minimum Gasteiger partial charge on any atom is -0.397 e. The van der Waals surface area contributed by atoms with Crippen molar-refractivity contribution in [1.29, 1.82) is 0 Å². The first kappa shape index (κ1) is 11.4. The van der Waals surface area contributed by atoms with E-state index in [1.54, 1.807) is 6.07 Å². The first-order valence-corrected chi connectivity index (χ1v) is 5.45. The summed E-state index contributed by atoms with van der Waals surface area (Å²) in [4.78, 5) is 24.4. The number of carbonyl (C=O) groups excluding carboxylic acids is 2. The molecule has 0 saturated carbocycles. The molecule has 2 rings (SSSR count). The number of benzene rings is 1. The second-order valence-corrected chi connectivity index (χ2v) is 4.32. The highest BCUT2D eigenvalue weighted by molar-refractivity contribution is 6.02. The molecule has 0 bridgehead atoms. The van der Waals surface area contributed by atoms with Crippen molar-refractivity contribution in [3.63, 3.8) is 0 Å². The summed E-state index contributed by atoms with van der Waals surface area (Å²) in [5.41, 5.74) is 13.3. The van der Waals surface area contributed by atoms with E-state index in [0.29, 0.717) is 17.9 Å². The molecule has 5 nitrogen and oxygen atoms in total. The number of para-hydroxylation sites is 1. The molecule has 5 heteroatoms. The minimum absolute atomic E-state index is 0.105. The van der Waals surface area contributed by atoms with Gasteiger partial charge in [-0.05, 0) is 18.6 Å². The summed E-state index contributed by atoms with van der Waals surface area (Å²) in [6.45, 7) is 2.20. The molecule has 1 aliphatic rings. The van der Waals surface area contributed by atoms with Crippen LogP contribution in [-0.2, 0) is 9.59 Å². The standard InChI is InChI=1S/C12H15N3O2/c1-7-3-2-4-9(11(7)13)15-6-8(12(14)17)5-10(15)16/h2-4,8H,5-6,13H2,1H3,(H2,14,17). The molecule has 0 aliphatic carbocycles. The lowest BCUT2D eigenvalue weighted by Gasteiger charge is -2.19. The zero-order chi connectivity index (χ0) is 12.6. The van der Waals surface area contributed by atoms with E-state index in [1.807, 2.05) is 19.1 Å². The van der Waals surface area contributed by atoms with Gasteiger partial charge in [0.15, 0.2) is 0 Å². The van der Waals surface area contributed by atoms with Gasteiger partial charge in [0.2, 0.25) is 11.8 Å². The molecular weight excluding hydrogens is 218 g/mol. The molecular formula is C12H15N3O2. The number of aryl methyl sites for hydroxylation is 1. The fourth-order valence-corrected chi connectivity index (χ4v) is 2.03. The van der Waals surface area contributed by atoms with Crippen molar-refractivity contribution in [2.24, 2.45) is 11.7 Å². The Morgan fingerprint density at radius 3 is 2.76 bits per heavy atom. The van der Waals surface area contributed by atoms with Crippen LogP contribution in [0.1, 0.15) is 12.0 Å². The Bertz CT molecular complexity index is 485. The Hall–Kier alpha value is -2.04. The molecule has 1 heterocycles. The molecule has 1 aromatic carbocycles. The fraction of sp³-hybridized carbons (Fsp3) is 0.333. The second kappa shape index (κ2) is 4.08. The van der Waals surface area contributed by atoms with Gasteiger partial charge in [-0.25, -0.2) is 0 Å². The molecule has 1 aromatic rings. The Morgan fingerprint density at radius 2 is 2.18 bits per heavy atom. The number of hydrogen-bond donors (Lipinski definition) is 2. The molecule has 2 amide bonds. The molecule has 0 aromatic heterocycles. The van der Waals surface area contributed by atoms with E-state index in [4.69, 9.17) is 11.5 Å². The summed E-state index contributed by atoms with van der Waals surface area (Å²) in [5, 5.41) is 0. The van der Waals surface area contributed by atoms with E-state index >= 15 is 0 Å². The van der Waals surface area contributed by atoms with E-state index in [0.717, 1.165) is 5.56 Å². The third-order valence-electron chi connectivity index (χ3n) is 3.12. The SMILES string of the molecule is Cc1cccc(N2CC(C(N)=O)CC2=O)c1N. The number of hydrogen-bond acceptors (Lipinski definition) is 3. The third kappa shape index (κ3) is 1.95. The van der Waals surface area contributed by atoms with Crippen molar-refractivity contribution in [2.75, 3.05) is 17.2 Å². The average Bonchev–Trinajstić information content (AvgIpc) is 2.65. The smallest absolute Gasteiger partial charge is 0.227 e. The number of primary amides is 1. The summed E-state index contributed by atoms with van der Waals surface area (Å²) in [7, 11) is 0. The molecule has 1 unspecified atom stereocenters. The lowest BCUT2D eigenvalue weighted by atomic mass is 10.1. The fourth-order valence-electron chi connectivity index (χ4n) is 2.03. The zero-order valence-corrected chi connectivity index (χ0v) is 9.64. The normalized spacial score (nSPS) is 19.7. The Kier molecular flexibility index (Phi) is 2.75. The topological polar surface area (TPSA) is 89.4 Å². The second-order valence-electron chi connectivity index (χ2n) is 4.32. The Morgan fingerprint density at radius 1 is 1.47 bits per heavy atom. The molecule has 17 heavy (non-hydrogen) atoms. The number of carbonyl (C=O) groups is 2. The van der Waals surface area contributed by atoms with E-state index in [1.165, 1.54) is 4.90 Å². The summed E-state index contributed by atoms with van der Waals surface area (Å²) in [6.07, 6.45) is 0.169. The van der Waals surface area contributed by atoms with E-state index in [9.17, 15) is 9.59 Å². The van der Waals surface area contributed by atoms with Crippen molar-refractivity contribution in [3.8, 4) is 0 Å². The van der Waals surface area contributed by atoms with Gasteiger partial charge in [0.05, 0.1) is 17.3 Å². The van der Waals surface area contributed by atoms with Crippen LogP contribution in [-0.4, -0.2) is 18.4 Å². The van der Waals surface area contributed by atoms with E-state index in [-0.39, 0.29) is 12.3 Å². The number of amides is 2. The number of nitrogens with zero attached hydrogens (tertiary/aromatic N) is 1. The summed E-state index contributed by atoms with van der Waals surface area (Å²) in [6, 6.07) is 5.50. The minimum atomic E-state index is -0.438. The monoisotopic (exact) mass is 233 g/mol. The van der Waals surface area contributed by atoms with Crippen molar-refractivity contribution < 1.29 is 9.59 Å². The molecule has 1 saturated heterocycles. The van der Waals surface area contributed by atoms with Crippen LogP contribution in [0.4, 0.5) is 11.4 Å². The highest BCUT2D eigenvalue weighted by Crippen LogP contribution is 2.31. The highest BCUT2D eigenvalue weighted by Gasteiger charge is 2.34. The van der Waals surface area contributed by atoms with Gasteiger partial charge >= 0.3 is 0 Å². The first-order chi connectivity index (χ1) is 8.00. The van der Waals surface area contributed by atoms with Crippen LogP contribution in [0.25, 0.3) is 0 Å². The summed E-state index contributed by atoms with van der Waals surface area (Å²) in [5.74, 6) is -0.958. The number of anilines is 2. The van der Waals surface area contributed by atoms with Crippen LogP contribution in [0, 0.1) is 12.8 Å². The quantitative estimate of drug-likeness (QED) is 0.725. The predicted molar refractivity (Wildman–Crippen MR) is 65.2 cm³/mol. The van der Waals surface area contributed by atoms with Crippen LogP contribution < -0.4 is 16.4 Å². The zero-order valence-electron chi connectivity index (χ0n) is 9.64. The maximum atomic E-state index is 11.8. The summed E-state index contributed by atoms with van der Waals surface area (Å²) < 4.78 is 0. The molecule has 4 N–H and O–H groups in total. The highest BCUT2D eigenvalue weighted by atomic mass is 16.2. The van der Waals surface area contributed by atoms with E-state index < -0.39 is 11.8 Å².